The van der Waals surface area contributed by atoms with Crippen LogP contribution in [-0.4, -0.2) is 3.21 Å². The fourth-order valence-electron chi connectivity index (χ4n) is 5.48. The minimum atomic E-state index is -1.11. The number of benzene rings is 4. The number of allylic oxidation sites excluding steroid dienone is 4. The number of hydrogen-bond acceptors (Lipinski definition) is 0. The summed E-state index contributed by atoms with van der Waals surface area (Å²) in [4.78, 5) is 0. The van der Waals surface area contributed by atoms with Crippen LogP contribution in [0.3, 0.4) is 0 Å². The Kier molecular flexibility index (Phi) is 5.76. The molecule has 0 amide bonds. The van der Waals surface area contributed by atoms with Gasteiger partial charge in [0.05, 0.1) is 0 Å². The third-order valence-electron chi connectivity index (χ3n) is 7.06. The van der Waals surface area contributed by atoms with Crippen molar-refractivity contribution in [3.63, 3.8) is 0 Å². The van der Waals surface area contributed by atoms with Crippen molar-refractivity contribution in [3.8, 4) is 11.1 Å². The van der Waals surface area contributed by atoms with Crippen LogP contribution in [0.25, 0.3) is 16.7 Å². The van der Waals surface area contributed by atoms with Gasteiger partial charge in [0.15, 0.2) is 0 Å². The molecule has 0 nitrogen and oxygen atoms in total. The van der Waals surface area contributed by atoms with Gasteiger partial charge in [-0.2, -0.15) is 0 Å². The van der Waals surface area contributed by atoms with Crippen molar-refractivity contribution in [1.29, 1.82) is 0 Å². The van der Waals surface area contributed by atoms with Crippen LogP contribution in [0.5, 0.6) is 0 Å². The predicted molar refractivity (Wildman–Crippen MR) is 141 cm³/mol. The summed E-state index contributed by atoms with van der Waals surface area (Å²) >= 11 is -1.11. The fourth-order valence-corrected chi connectivity index (χ4v) is 9.89. The van der Waals surface area contributed by atoms with Gasteiger partial charge in [-0.05, 0) is 0 Å². The molecular formula is C33H27Zr. The van der Waals surface area contributed by atoms with Gasteiger partial charge < -0.3 is 0 Å². The summed E-state index contributed by atoms with van der Waals surface area (Å²) in [7, 11) is 0. The molecular weight excluding hydrogens is 488 g/mol. The molecule has 6 rings (SSSR count). The first kappa shape index (κ1) is 21.6. The Morgan fingerprint density at radius 3 is 2.09 bits per heavy atom. The van der Waals surface area contributed by atoms with E-state index >= 15 is 0 Å². The van der Waals surface area contributed by atoms with E-state index in [2.05, 4.69) is 123 Å². The molecule has 4 aromatic rings. The number of fused-ring (bicyclic) bond motifs is 3. The van der Waals surface area contributed by atoms with E-state index in [0.717, 1.165) is 6.42 Å². The van der Waals surface area contributed by atoms with Crippen LogP contribution in [0.1, 0.15) is 49.0 Å². The van der Waals surface area contributed by atoms with Crippen LogP contribution in [0, 0.1) is 13.8 Å². The SMILES string of the molecule is Cc1ccc2c(c1)[CH]([Zr]=[C](c1ccccc1)c1ccccc1)c1c-2ccc(C)c1C1=CC=CC1. The molecule has 0 spiro atoms. The van der Waals surface area contributed by atoms with Gasteiger partial charge in [0.25, 0.3) is 0 Å². The second-order valence-corrected chi connectivity index (χ2v) is 12.7. The fraction of sp³-hybridized carbons (Fsp3) is 0.121. The molecule has 0 heterocycles. The Hall–Kier alpha value is -2.89. The van der Waals surface area contributed by atoms with Crippen LogP contribution in [0.2, 0.25) is 0 Å². The Bertz CT molecular complexity index is 1430. The van der Waals surface area contributed by atoms with Gasteiger partial charge in [-0.15, -0.1) is 0 Å². The average molecular weight is 515 g/mol. The van der Waals surface area contributed by atoms with Gasteiger partial charge in [0.2, 0.25) is 0 Å². The van der Waals surface area contributed by atoms with Gasteiger partial charge in [-0.25, -0.2) is 0 Å². The van der Waals surface area contributed by atoms with E-state index in [1.807, 2.05) is 0 Å². The van der Waals surface area contributed by atoms with Crippen LogP contribution >= 0.6 is 0 Å². The maximum atomic E-state index is 2.47. The van der Waals surface area contributed by atoms with Crippen LogP contribution in [0.4, 0.5) is 0 Å². The molecule has 0 saturated carbocycles. The maximum absolute atomic E-state index is 2.47. The molecule has 0 aliphatic heterocycles. The predicted octanol–water partition coefficient (Wildman–Crippen LogP) is 8.07. The minimum absolute atomic E-state index is 0.500. The average Bonchev–Trinajstić information content (AvgIpc) is 3.50. The van der Waals surface area contributed by atoms with Crippen LogP contribution in [-0.2, 0) is 22.8 Å². The molecule has 0 bridgehead atoms. The first-order valence-electron chi connectivity index (χ1n) is 12.1. The van der Waals surface area contributed by atoms with Crippen molar-refractivity contribution in [3.05, 3.63) is 148 Å². The van der Waals surface area contributed by atoms with Gasteiger partial charge >= 0.3 is 215 Å². The standard InChI is InChI=1S/C20H17.C13H10.Zr/c1-13-7-9-17-16(11-13)12-19-18(17)10-8-14(2)20(19)15-5-3-4-6-15;1-3-7-12(8-4-1)11-13-9-5-2-6-10-13;/h3-5,7-12H,6H2,1-2H3;1-10H;. The molecule has 2 aliphatic rings. The van der Waals surface area contributed by atoms with Crippen LogP contribution in [0.15, 0.2) is 109 Å². The second-order valence-electron chi connectivity index (χ2n) is 9.32. The van der Waals surface area contributed by atoms with Gasteiger partial charge in [-0.3, -0.25) is 0 Å². The first-order valence-corrected chi connectivity index (χ1v) is 14.7. The van der Waals surface area contributed by atoms with E-state index in [4.69, 9.17) is 0 Å². The van der Waals surface area contributed by atoms with Crippen molar-refractivity contribution < 1.29 is 22.8 Å². The monoisotopic (exact) mass is 513 g/mol. The topological polar surface area (TPSA) is 0 Å². The third kappa shape index (κ3) is 3.77. The summed E-state index contributed by atoms with van der Waals surface area (Å²) in [6, 6.07) is 34.0. The van der Waals surface area contributed by atoms with Crippen molar-refractivity contribution in [2.75, 3.05) is 0 Å². The molecule has 4 aromatic carbocycles. The van der Waals surface area contributed by atoms with E-state index < -0.39 is 22.8 Å². The molecule has 0 N–H and O–H groups in total. The Morgan fingerprint density at radius 1 is 0.765 bits per heavy atom. The molecule has 163 valence electrons. The van der Waals surface area contributed by atoms with E-state index in [-0.39, 0.29) is 0 Å². The molecule has 0 fully saturated rings. The number of aryl methyl sites for hydroxylation is 2. The van der Waals surface area contributed by atoms with Crippen molar-refractivity contribution in [2.24, 2.45) is 0 Å². The molecule has 0 saturated heterocycles. The Labute approximate surface area is 213 Å². The van der Waals surface area contributed by atoms with E-state index in [0.29, 0.717) is 3.63 Å². The Morgan fingerprint density at radius 2 is 1.44 bits per heavy atom. The third-order valence-corrected chi connectivity index (χ3v) is 11.4. The van der Waals surface area contributed by atoms with Gasteiger partial charge in [0.1, 0.15) is 0 Å². The van der Waals surface area contributed by atoms with Crippen molar-refractivity contribution in [2.45, 2.75) is 23.9 Å². The van der Waals surface area contributed by atoms with Crippen LogP contribution < -0.4 is 0 Å². The molecule has 1 unspecified atom stereocenters. The molecule has 1 heteroatoms. The van der Waals surface area contributed by atoms with E-state index in [1.54, 1.807) is 14.3 Å². The van der Waals surface area contributed by atoms with Crippen molar-refractivity contribution >= 4 is 8.78 Å². The normalized spacial score (nSPS) is 15.5. The summed E-state index contributed by atoms with van der Waals surface area (Å²) in [5.41, 5.74) is 14.6. The van der Waals surface area contributed by atoms with E-state index in [9.17, 15) is 0 Å². The summed E-state index contributed by atoms with van der Waals surface area (Å²) in [6.07, 6.45) is 7.89. The first-order chi connectivity index (χ1) is 16.7. The summed E-state index contributed by atoms with van der Waals surface area (Å²) in [6.45, 7) is 4.53. The quantitative estimate of drug-likeness (QED) is 0.258. The molecule has 1 atom stereocenters. The number of hydrogen-bond donors (Lipinski definition) is 0. The van der Waals surface area contributed by atoms with Gasteiger partial charge in [0, 0.05) is 0 Å². The number of rotatable bonds is 4. The summed E-state index contributed by atoms with van der Waals surface area (Å²) < 4.78 is 2.08. The zero-order valence-electron chi connectivity index (χ0n) is 19.7. The van der Waals surface area contributed by atoms with Crippen molar-refractivity contribution in [1.82, 2.24) is 0 Å². The molecule has 2 aliphatic carbocycles. The second kappa shape index (κ2) is 9.05. The summed E-state index contributed by atoms with van der Waals surface area (Å²) in [5.74, 6) is 0. The summed E-state index contributed by atoms with van der Waals surface area (Å²) in [5, 5.41) is 0. The zero-order chi connectivity index (χ0) is 23.1. The van der Waals surface area contributed by atoms with Gasteiger partial charge in [-0.1, -0.05) is 0 Å². The Balaban J connectivity index is 1.64. The molecule has 34 heavy (non-hydrogen) atoms. The molecule has 0 aromatic heterocycles. The zero-order valence-corrected chi connectivity index (χ0v) is 22.1. The van der Waals surface area contributed by atoms with E-state index in [1.165, 1.54) is 44.5 Å². The molecule has 0 radical (unpaired) electrons.